The fourth-order valence-electron chi connectivity index (χ4n) is 1.10. The highest BCUT2D eigenvalue weighted by Gasteiger charge is 2.25. The van der Waals surface area contributed by atoms with Crippen molar-refractivity contribution in [2.75, 3.05) is 13.1 Å². The predicted octanol–water partition coefficient (Wildman–Crippen LogP) is -1.20. The molecule has 5 heteroatoms. The van der Waals surface area contributed by atoms with Crippen LogP contribution in [-0.4, -0.2) is 36.5 Å². The van der Waals surface area contributed by atoms with E-state index in [0.717, 1.165) is 6.54 Å². The van der Waals surface area contributed by atoms with Crippen LogP contribution in [0.4, 0.5) is 4.79 Å². The minimum Gasteiger partial charge on any atom is -0.444 e. The quantitative estimate of drug-likeness (QED) is 0.450. The summed E-state index contributed by atoms with van der Waals surface area (Å²) in [7, 11) is 0. The molecule has 0 bridgehead atoms. The van der Waals surface area contributed by atoms with E-state index in [9.17, 15) is 9.90 Å². The number of ether oxygens (including phenoxy) is 1. The number of amides is 1. The number of hydrogen-bond acceptors (Lipinski definition) is 4. The number of primary amides is 1. The Morgan fingerprint density at radius 3 is 3.00 bits per heavy atom. The molecule has 0 aromatic carbocycles. The highest BCUT2D eigenvalue weighted by atomic mass is 16.6. The van der Waals surface area contributed by atoms with Gasteiger partial charge in [-0.25, -0.2) is 4.79 Å². The number of hydrogen-bond donors (Lipinski definition) is 3. The number of carbonyl (C=O) groups is 1. The van der Waals surface area contributed by atoms with Crippen molar-refractivity contribution < 1.29 is 14.6 Å². The van der Waals surface area contributed by atoms with Crippen LogP contribution < -0.4 is 11.1 Å². The van der Waals surface area contributed by atoms with E-state index >= 15 is 0 Å². The molecule has 0 unspecified atom stereocenters. The van der Waals surface area contributed by atoms with E-state index in [4.69, 9.17) is 5.73 Å². The molecular formula is C6H12N2O3. The van der Waals surface area contributed by atoms with Gasteiger partial charge in [-0.1, -0.05) is 0 Å². The third kappa shape index (κ3) is 2.36. The second-order valence-electron chi connectivity index (χ2n) is 2.54. The van der Waals surface area contributed by atoms with Gasteiger partial charge in [0.25, 0.3) is 0 Å². The molecule has 1 rings (SSSR count). The first-order valence-corrected chi connectivity index (χ1v) is 3.55. The molecule has 4 N–H and O–H groups in total. The van der Waals surface area contributed by atoms with Crippen LogP contribution in [0, 0.1) is 0 Å². The Hall–Kier alpha value is -0.810. The van der Waals surface area contributed by atoms with Crippen LogP contribution in [0.15, 0.2) is 0 Å². The van der Waals surface area contributed by atoms with E-state index in [1.807, 2.05) is 0 Å². The van der Waals surface area contributed by atoms with E-state index in [1.54, 1.807) is 0 Å². The lowest BCUT2D eigenvalue weighted by molar-refractivity contribution is -0.0101. The SMILES string of the molecule is NC(=O)O[C@H]1CCNC[C@H]1O. The van der Waals surface area contributed by atoms with Crippen molar-refractivity contribution in [3.05, 3.63) is 0 Å². The molecule has 64 valence electrons. The van der Waals surface area contributed by atoms with Crippen molar-refractivity contribution in [3.8, 4) is 0 Å². The lowest BCUT2D eigenvalue weighted by atomic mass is 10.1. The van der Waals surface area contributed by atoms with Crippen molar-refractivity contribution >= 4 is 6.09 Å². The molecule has 0 aromatic rings. The van der Waals surface area contributed by atoms with Gasteiger partial charge < -0.3 is 20.9 Å². The molecule has 1 heterocycles. The average Bonchev–Trinajstić information content (AvgIpc) is 1.93. The summed E-state index contributed by atoms with van der Waals surface area (Å²) in [6.45, 7) is 1.20. The molecule has 1 aliphatic heterocycles. The van der Waals surface area contributed by atoms with Gasteiger partial charge in [0.2, 0.25) is 0 Å². The monoisotopic (exact) mass is 160 g/mol. The maximum atomic E-state index is 10.3. The molecule has 0 radical (unpaired) electrons. The summed E-state index contributed by atoms with van der Waals surface area (Å²) in [6.07, 6.45) is -1.27. The number of piperidine rings is 1. The molecule has 1 saturated heterocycles. The Labute approximate surface area is 64.5 Å². The topological polar surface area (TPSA) is 84.6 Å². The van der Waals surface area contributed by atoms with Gasteiger partial charge in [-0.05, 0) is 13.0 Å². The lowest BCUT2D eigenvalue weighted by Crippen LogP contribution is -2.46. The summed E-state index contributed by atoms with van der Waals surface area (Å²) in [5, 5.41) is 12.2. The molecule has 1 amide bonds. The van der Waals surface area contributed by atoms with Crippen molar-refractivity contribution in [3.63, 3.8) is 0 Å². The lowest BCUT2D eigenvalue weighted by Gasteiger charge is -2.27. The minimum atomic E-state index is -0.823. The van der Waals surface area contributed by atoms with E-state index in [0.29, 0.717) is 13.0 Å². The Balaban J connectivity index is 2.35. The molecule has 2 atom stereocenters. The van der Waals surface area contributed by atoms with Crippen LogP contribution in [0.1, 0.15) is 6.42 Å². The highest BCUT2D eigenvalue weighted by Crippen LogP contribution is 2.07. The average molecular weight is 160 g/mol. The van der Waals surface area contributed by atoms with Crippen molar-refractivity contribution in [1.29, 1.82) is 0 Å². The first-order chi connectivity index (χ1) is 5.20. The zero-order chi connectivity index (χ0) is 8.27. The number of nitrogens with one attached hydrogen (secondary N) is 1. The standard InChI is InChI=1S/C6H12N2O3/c7-6(10)11-5-1-2-8-3-4(5)9/h4-5,8-9H,1-3H2,(H2,7,10)/t4-,5+/m1/s1. The highest BCUT2D eigenvalue weighted by molar-refractivity contribution is 5.64. The maximum Gasteiger partial charge on any atom is 0.404 e. The number of carbonyl (C=O) groups excluding carboxylic acids is 1. The molecule has 11 heavy (non-hydrogen) atoms. The van der Waals surface area contributed by atoms with Gasteiger partial charge in [-0.3, -0.25) is 0 Å². The first kappa shape index (κ1) is 8.29. The minimum absolute atomic E-state index is 0.436. The van der Waals surface area contributed by atoms with Crippen LogP contribution in [0.2, 0.25) is 0 Å². The summed E-state index contributed by atoms with van der Waals surface area (Å²) in [5.41, 5.74) is 4.79. The second-order valence-corrected chi connectivity index (χ2v) is 2.54. The Morgan fingerprint density at radius 2 is 2.45 bits per heavy atom. The van der Waals surface area contributed by atoms with E-state index < -0.39 is 18.3 Å². The predicted molar refractivity (Wildman–Crippen MR) is 37.9 cm³/mol. The van der Waals surface area contributed by atoms with Gasteiger partial charge >= 0.3 is 6.09 Å². The van der Waals surface area contributed by atoms with E-state index in [-0.39, 0.29) is 0 Å². The van der Waals surface area contributed by atoms with Gasteiger partial charge in [0, 0.05) is 6.54 Å². The van der Waals surface area contributed by atoms with E-state index in [1.165, 1.54) is 0 Å². The van der Waals surface area contributed by atoms with Crippen molar-refractivity contribution in [1.82, 2.24) is 5.32 Å². The summed E-state index contributed by atoms with van der Waals surface area (Å²) in [4.78, 5) is 10.3. The zero-order valence-corrected chi connectivity index (χ0v) is 6.12. The van der Waals surface area contributed by atoms with Gasteiger partial charge in [0.05, 0.1) is 0 Å². The summed E-state index contributed by atoms with van der Waals surface area (Å²) in [5.74, 6) is 0. The fraction of sp³-hybridized carbons (Fsp3) is 0.833. The van der Waals surface area contributed by atoms with Crippen LogP contribution in [0.5, 0.6) is 0 Å². The Bertz CT molecular complexity index is 151. The molecule has 1 aliphatic rings. The zero-order valence-electron chi connectivity index (χ0n) is 6.12. The van der Waals surface area contributed by atoms with Gasteiger partial charge in [0.1, 0.15) is 12.2 Å². The normalized spacial score (nSPS) is 31.4. The summed E-state index contributed by atoms with van der Waals surface area (Å²) in [6, 6.07) is 0. The third-order valence-electron chi connectivity index (χ3n) is 1.66. The van der Waals surface area contributed by atoms with Gasteiger partial charge in [-0.15, -0.1) is 0 Å². The van der Waals surface area contributed by atoms with Crippen LogP contribution in [-0.2, 0) is 4.74 Å². The smallest absolute Gasteiger partial charge is 0.404 e. The summed E-state index contributed by atoms with van der Waals surface area (Å²) < 4.78 is 4.65. The number of β-amino-alcohol motifs (C(OH)–C–C–N with tert-alkyl or cyclic N) is 1. The largest absolute Gasteiger partial charge is 0.444 e. The van der Waals surface area contributed by atoms with E-state index in [2.05, 4.69) is 10.1 Å². The molecule has 0 aromatic heterocycles. The summed E-state index contributed by atoms with van der Waals surface area (Å²) >= 11 is 0. The van der Waals surface area contributed by atoms with Crippen molar-refractivity contribution in [2.45, 2.75) is 18.6 Å². The molecule has 0 spiro atoms. The van der Waals surface area contributed by atoms with Crippen LogP contribution >= 0.6 is 0 Å². The third-order valence-corrected chi connectivity index (χ3v) is 1.66. The molecule has 0 aliphatic carbocycles. The Morgan fingerprint density at radius 1 is 1.73 bits per heavy atom. The number of rotatable bonds is 1. The Kier molecular flexibility index (Phi) is 2.67. The molecular weight excluding hydrogens is 148 g/mol. The first-order valence-electron chi connectivity index (χ1n) is 3.55. The van der Waals surface area contributed by atoms with Crippen LogP contribution in [0.3, 0.4) is 0 Å². The molecule has 1 fully saturated rings. The second kappa shape index (κ2) is 3.54. The number of aliphatic hydroxyl groups excluding tert-OH is 1. The molecule has 0 saturated carbocycles. The molecule has 5 nitrogen and oxygen atoms in total. The van der Waals surface area contributed by atoms with Crippen molar-refractivity contribution in [2.24, 2.45) is 5.73 Å². The van der Waals surface area contributed by atoms with Gasteiger partial charge in [-0.2, -0.15) is 0 Å². The van der Waals surface area contributed by atoms with Crippen LogP contribution in [0.25, 0.3) is 0 Å². The fourth-order valence-corrected chi connectivity index (χ4v) is 1.10. The number of nitrogens with two attached hydrogens (primary N) is 1. The maximum absolute atomic E-state index is 10.3. The van der Waals surface area contributed by atoms with Gasteiger partial charge in [0.15, 0.2) is 0 Å². The number of aliphatic hydroxyl groups is 1.